The van der Waals surface area contributed by atoms with Crippen LogP contribution in [0.5, 0.6) is 17.2 Å². The van der Waals surface area contributed by atoms with Gasteiger partial charge in [0.1, 0.15) is 5.75 Å². The third-order valence-corrected chi connectivity index (χ3v) is 5.09. The van der Waals surface area contributed by atoms with E-state index in [4.69, 9.17) is 14.2 Å². The van der Waals surface area contributed by atoms with Crippen molar-refractivity contribution in [2.24, 2.45) is 0 Å². The molecule has 146 valence electrons. The summed E-state index contributed by atoms with van der Waals surface area (Å²) in [6.07, 6.45) is 0.395. The van der Waals surface area contributed by atoms with E-state index in [-0.39, 0.29) is 6.79 Å². The third kappa shape index (κ3) is 3.69. The van der Waals surface area contributed by atoms with Gasteiger partial charge in [-0.25, -0.2) is 4.79 Å². The average molecular weight is 388 g/mol. The maximum Gasteiger partial charge on any atom is 0.417 e. The molecule has 6 heteroatoms. The molecule has 1 amide bonds. The second-order valence-electron chi connectivity index (χ2n) is 7.03. The van der Waals surface area contributed by atoms with Crippen molar-refractivity contribution in [3.63, 3.8) is 0 Å². The Labute approximate surface area is 168 Å². The molecule has 1 N–H and O–H groups in total. The Balaban J connectivity index is 1.24. The lowest BCUT2D eigenvalue weighted by Gasteiger charge is -2.19. The van der Waals surface area contributed by atoms with Crippen molar-refractivity contribution in [3.05, 3.63) is 77.9 Å². The van der Waals surface area contributed by atoms with Crippen LogP contribution in [0.25, 0.3) is 0 Å². The minimum absolute atomic E-state index is 0.194. The van der Waals surface area contributed by atoms with Gasteiger partial charge in [-0.15, -0.1) is 0 Å². The molecule has 0 unspecified atom stereocenters. The minimum atomic E-state index is -0.539. The molecule has 2 aliphatic heterocycles. The van der Waals surface area contributed by atoms with E-state index in [9.17, 15) is 4.79 Å². The molecular formula is C23H20N2O4. The van der Waals surface area contributed by atoms with Crippen LogP contribution in [0.4, 0.5) is 16.2 Å². The fourth-order valence-corrected chi connectivity index (χ4v) is 3.70. The van der Waals surface area contributed by atoms with E-state index in [1.165, 1.54) is 16.8 Å². The first-order chi connectivity index (χ1) is 14.2. The molecule has 2 aliphatic rings. The van der Waals surface area contributed by atoms with Gasteiger partial charge in [-0.3, -0.25) is 5.32 Å². The maximum atomic E-state index is 12.3. The first-order valence-corrected chi connectivity index (χ1v) is 9.55. The highest BCUT2D eigenvalue weighted by molar-refractivity contribution is 5.87. The van der Waals surface area contributed by atoms with E-state index in [2.05, 4.69) is 34.5 Å². The number of nitrogens with one attached hydrogen (secondary N) is 1. The summed E-state index contributed by atoms with van der Waals surface area (Å²) in [6.45, 7) is 2.02. The number of nitrogens with zero attached hydrogens (tertiary/aromatic N) is 1. The number of amides is 1. The SMILES string of the molecule is O=C(Nc1ccc2c(c1)OCO2)Oc1ccc2c(c1)CCN2Cc1ccccc1. The summed E-state index contributed by atoms with van der Waals surface area (Å²) >= 11 is 0. The lowest BCUT2D eigenvalue weighted by atomic mass is 10.1. The zero-order chi connectivity index (χ0) is 19.6. The van der Waals surface area contributed by atoms with Gasteiger partial charge in [0.05, 0.1) is 0 Å². The molecule has 3 aromatic carbocycles. The van der Waals surface area contributed by atoms with Crippen LogP contribution in [0.15, 0.2) is 66.7 Å². The van der Waals surface area contributed by atoms with Crippen LogP contribution >= 0.6 is 0 Å². The maximum absolute atomic E-state index is 12.3. The quantitative estimate of drug-likeness (QED) is 0.708. The molecule has 0 fully saturated rings. The van der Waals surface area contributed by atoms with E-state index in [1.54, 1.807) is 18.2 Å². The predicted octanol–water partition coefficient (Wildman–Crippen LogP) is 4.59. The highest BCUT2D eigenvalue weighted by Gasteiger charge is 2.20. The molecule has 0 aromatic heterocycles. The van der Waals surface area contributed by atoms with Gasteiger partial charge in [0.25, 0.3) is 0 Å². The number of hydrogen-bond acceptors (Lipinski definition) is 5. The fraction of sp³-hybridized carbons (Fsp3) is 0.174. The molecule has 0 bridgehead atoms. The molecule has 0 atom stereocenters. The Kier molecular flexibility index (Phi) is 4.44. The second kappa shape index (κ2) is 7.39. The van der Waals surface area contributed by atoms with E-state index in [1.807, 2.05) is 24.3 Å². The van der Waals surface area contributed by atoms with Gasteiger partial charge in [-0.05, 0) is 47.9 Å². The number of fused-ring (bicyclic) bond motifs is 2. The summed E-state index contributed by atoms with van der Waals surface area (Å²) in [5.74, 6) is 1.81. The standard InChI is InChI=1S/C23H20N2O4/c26-23(24-18-6-9-21-22(13-18)28-15-27-21)29-19-7-8-20-17(12-19)10-11-25(20)14-16-4-2-1-3-5-16/h1-9,12-13H,10-11,14-15H2,(H,24,26). The van der Waals surface area contributed by atoms with Gasteiger partial charge in [-0.1, -0.05) is 30.3 Å². The molecule has 3 aromatic rings. The molecule has 0 saturated heterocycles. The number of carbonyl (C=O) groups excluding carboxylic acids is 1. The van der Waals surface area contributed by atoms with Crippen LogP contribution in [-0.2, 0) is 13.0 Å². The van der Waals surface area contributed by atoms with Crippen LogP contribution in [0, 0.1) is 0 Å². The Morgan fingerprint density at radius 1 is 1.00 bits per heavy atom. The minimum Gasteiger partial charge on any atom is -0.454 e. The molecule has 0 saturated carbocycles. The summed E-state index contributed by atoms with van der Waals surface area (Å²) in [5, 5.41) is 2.72. The first kappa shape index (κ1) is 17.4. The van der Waals surface area contributed by atoms with Gasteiger partial charge < -0.3 is 19.1 Å². The van der Waals surface area contributed by atoms with Crippen LogP contribution in [0.3, 0.4) is 0 Å². The largest absolute Gasteiger partial charge is 0.454 e. The Bertz CT molecular complexity index is 1050. The van der Waals surface area contributed by atoms with Crippen molar-refractivity contribution in [1.29, 1.82) is 0 Å². The predicted molar refractivity (Wildman–Crippen MR) is 110 cm³/mol. The van der Waals surface area contributed by atoms with Crippen molar-refractivity contribution in [2.75, 3.05) is 23.6 Å². The monoisotopic (exact) mass is 388 g/mol. The molecule has 5 rings (SSSR count). The molecule has 2 heterocycles. The van der Waals surface area contributed by atoms with Crippen LogP contribution in [-0.4, -0.2) is 19.4 Å². The lowest BCUT2D eigenvalue weighted by Crippen LogP contribution is -2.19. The van der Waals surface area contributed by atoms with Crippen molar-refractivity contribution >= 4 is 17.5 Å². The molecule has 0 spiro atoms. The lowest BCUT2D eigenvalue weighted by molar-refractivity contribution is 0.174. The molecule has 0 radical (unpaired) electrons. The fourth-order valence-electron chi connectivity index (χ4n) is 3.70. The van der Waals surface area contributed by atoms with Crippen molar-refractivity contribution < 1.29 is 19.0 Å². The van der Waals surface area contributed by atoms with E-state index in [0.29, 0.717) is 22.9 Å². The molecular weight excluding hydrogens is 368 g/mol. The second-order valence-corrected chi connectivity index (χ2v) is 7.03. The van der Waals surface area contributed by atoms with Crippen molar-refractivity contribution in [1.82, 2.24) is 0 Å². The zero-order valence-electron chi connectivity index (χ0n) is 15.8. The highest BCUT2D eigenvalue weighted by atomic mass is 16.7. The van der Waals surface area contributed by atoms with Crippen molar-refractivity contribution in [2.45, 2.75) is 13.0 Å². The van der Waals surface area contributed by atoms with Gasteiger partial charge in [0, 0.05) is 30.5 Å². The van der Waals surface area contributed by atoms with Crippen molar-refractivity contribution in [3.8, 4) is 17.2 Å². The number of ether oxygens (including phenoxy) is 3. The summed E-state index contributed by atoms with van der Waals surface area (Å²) in [7, 11) is 0. The van der Waals surface area contributed by atoms with Gasteiger partial charge in [0.15, 0.2) is 11.5 Å². The molecule has 6 nitrogen and oxygen atoms in total. The Morgan fingerprint density at radius 2 is 1.86 bits per heavy atom. The summed E-state index contributed by atoms with van der Waals surface area (Å²) < 4.78 is 16.1. The number of anilines is 2. The number of benzene rings is 3. The van der Waals surface area contributed by atoms with Gasteiger partial charge >= 0.3 is 6.09 Å². The van der Waals surface area contributed by atoms with Crippen LogP contribution in [0.2, 0.25) is 0 Å². The summed E-state index contributed by atoms with van der Waals surface area (Å²) in [4.78, 5) is 14.6. The third-order valence-electron chi connectivity index (χ3n) is 5.09. The highest BCUT2D eigenvalue weighted by Crippen LogP contribution is 2.35. The van der Waals surface area contributed by atoms with E-state index < -0.39 is 6.09 Å². The number of rotatable bonds is 4. The van der Waals surface area contributed by atoms with E-state index in [0.717, 1.165) is 19.5 Å². The Hall–Kier alpha value is -3.67. The van der Waals surface area contributed by atoms with Gasteiger partial charge in [0.2, 0.25) is 6.79 Å². The summed E-state index contributed by atoms with van der Waals surface area (Å²) in [5.41, 5.74) is 4.25. The smallest absolute Gasteiger partial charge is 0.417 e. The first-order valence-electron chi connectivity index (χ1n) is 9.55. The zero-order valence-corrected chi connectivity index (χ0v) is 15.8. The van der Waals surface area contributed by atoms with E-state index >= 15 is 0 Å². The Morgan fingerprint density at radius 3 is 2.76 bits per heavy atom. The topological polar surface area (TPSA) is 60.0 Å². The normalized spacial score (nSPS) is 13.9. The molecule has 29 heavy (non-hydrogen) atoms. The molecule has 0 aliphatic carbocycles. The van der Waals surface area contributed by atoms with Gasteiger partial charge in [-0.2, -0.15) is 0 Å². The average Bonchev–Trinajstić information content (AvgIpc) is 3.35. The van der Waals surface area contributed by atoms with Crippen LogP contribution in [0.1, 0.15) is 11.1 Å². The van der Waals surface area contributed by atoms with Crippen LogP contribution < -0.4 is 24.4 Å². The number of hydrogen-bond donors (Lipinski definition) is 1. The summed E-state index contributed by atoms with van der Waals surface area (Å²) in [6, 6.07) is 21.4. The number of carbonyl (C=O) groups is 1.